The first-order valence-electron chi connectivity index (χ1n) is 18.4. The maximum atomic E-state index is 12.4. The van der Waals surface area contributed by atoms with E-state index in [-0.39, 0.29) is 16.9 Å². The highest BCUT2D eigenvalue weighted by Gasteiger charge is 2.64. The fourth-order valence-corrected chi connectivity index (χ4v) is 11.2. The molecule has 0 heterocycles. The molecule has 0 saturated heterocycles. The molecule has 6 nitrogen and oxygen atoms in total. The second-order valence-corrected chi connectivity index (χ2v) is 16.1. The largest absolute Gasteiger partial charge is 0.393 e. The molecule has 0 aliphatic heterocycles. The van der Waals surface area contributed by atoms with Crippen LogP contribution in [0.25, 0.3) is 0 Å². The highest BCUT2D eigenvalue weighted by Crippen LogP contribution is 2.69. The van der Waals surface area contributed by atoms with Gasteiger partial charge in [-0.05, 0) is 176 Å². The number of aliphatic hydroxyl groups excluding tert-OH is 1. The Bertz CT molecular complexity index is 999. The fourth-order valence-electron chi connectivity index (χ4n) is 11.2. The minimum absolute atomic E-state index is 0.176. The predicted octanol–water partition coefficient (Wildman–Crippen LogP) is 6.08. The van der Waals surface area contributed by atoms with Crippen LogP contribution in [-0.2, 0) is 4.79 Å². The zero-order chi connectivity index (χ0) is 32.1. The minimum atomic E-state index is -0.276. The summed E-state index contributed by atoms with van der Waals surface area (Å²) in [7, 11) is 0. The maximum absolute atomic E-state index is 12.4. The summed E-state index contributed by atoms with van der Waals surface area (Å²) >= 11 is 0. The SMILES string of the molecule is CC(C)=CCC/C(C=O)=C1/C(C)CC2(C)C1CC(O)C1C2CCC2[C@H](C)C(NCCCN(CCCN)CCCN)CCC12C. The molecule has 0 aromatic heterocycles. The molecule has 6 N–H and O–H groups in total. The number of nitrogens with two attached hydrogens (primary N) is 2. The van der Waals surface area contributed by atoms with Crippen molar-refractivity contribution < 1.29 is 9.90 Å². The Morgan fingerprint density at radius 2 is 1.66 bits per heavy atom. The van der Waals surface area contributed by atoms with Gasteiger partial charge < -0.3 is 26.8 Å². The average Bonchev–Trinajstić information content (AvgIpc) is 3.24. The van der Waals surface area contributed by atoms with Crippen molar-refractivity contribution in [3.63, 3.8) is 0 Å². The lowest BCUT2D eigenvalue weighted by molar-refractivity contribution is -0.180. The maximum Gasteiger partial charge on any atom is 0.146 e. The van der Waals surface area contributed by atoms with Crippen LogP contribution in [0.2, 0.25) is 0 Å². The Hall–Kier alpha value is -1.05. The minimum Gasteiger partial charge on any atom is -0.393 e. The van der Waals surface area contributed by atoms with Crippen LogP contribution in [-0.4, -0.2) is 67.7 Å². The van der Waals surface area contributed by atoms with Crippen molar-refractivity contribution in [3.05, 3.63) is 22.8 Å². The van der Waals surface area contributed by atoms with Gasteiger partial charge in [0.2, 0.25) is 0 Å². The van der Waals surface area contributed by atoms with Gasteiger partial charge in [0.25, 0.3) is 0 Å². The molecule has 4 saturated carbocycles. The van der Waals surface area contributed by atoms with Crippen LogP contribution < -0.4 is 16.8 Å². The first-order chi connectivity index (χ1) is 21.0. The number of aliphatic hydroxyl groups is 1. The van der Waals surface area contributed by atoms with E-state index in [1.54, 1.807) is 0 Å². The van der Waals surface area contributed by atoms with Gasteiger partial charge in [0.1, 0.15) is 6.29 Å². The van der Waals surface area contributed by atoms with E-state index in [4.69, 9.17) is 11.5 Å². The van der Waals surface area contributed by atoms with E-state index in [2.05, 4.69) is 57.8 Å². The number of rotatable bonds is 15. The Morgan fingerprint density at radius 3 is 2.30 bits per heavy atom. The van der Waals surface area contributed by atoms with E-state index in [0.29, 0.717) is 41.5 Å². The first-order valence-corrected chi connectivity index (χ1v) is 18.4. The lowest BCUT2D eigenvalue weighted by Gasteiger charge is -2.64. The number of aldehydes is 1. The molecule has 4 aliphatic carbocycles. The molecule has 0 spiro atoms. The van der Waals surface area contributed by atoms with Crippen LogP contribution in [0.3, 0.4) is 0 Å². The van der Waals surface area contributed by atoms with Gasteiger partial charge in [-0.15, -0.1) is 0 Å². The van der Waals surface area contributed by atoms with Gasteiger partial charge in [-0.1, -0.05) is 44.9 Å². The number of hydrogen-bond acceptors (Lipinski definition) is 6. The van der Waals surface area contributed by atoms with Gasteiger partial charge in [0.15, 0.2) is 0 Å². The highest BCUT2D eigenvalue weighted by molar-refractivity contribution is 5.75. The van der Waals surface area contributed by atoms with E-state index in [1.165, 1.54) is 36.8 Å². The van der Waals surface area contributed by atoms with E-state index >= 15 is 0 Å². The summed E-state index contributed by atoms with van der Waals surface area (Å²) in [6.07, 6.45) is 15.1. The summed E-state index contributed by atoms with van der Waals surface area (Å²) in [4.78, 5) is 15.0. The number of carbonyl (C=O) groups excluding carboxylic acids is 1. The Morgan fingerprint density at radius 1 is 1.00 bits per heavy atom. The summed E-state index contributed by atoms with van der Waals surface area (Å²) < 4.78 is 0. The van der Waals surface area contributed by atoms with Crippen LogP contribution >= 0.6 is 0 Å². The van der Waals surface area contributed by atoms with Crippen molar-refractivity contribution in [2.45, 2.75) is 124 Å². The standard InChI is InChI=1S/C38H68N4O2/c1-26(2)11-7-12-29(25-43)35-27(3)24-38(6)31-14-13-30-28(4)33(15-16-37(30,5)36(31)34(44)23-32(35)38)41-19-10-22-42(20-8-17-39)21-9-18-40/h11,25,27-28,30-34,36,41,44H,7-10,12-24,39-40H2,1-6H3/b35-29+/t27?,28-,30?,31?,32?,33?,34?,36?,37?,38?/m0/s1. The van der Waals surface area contributed by atoms with Crippen LogP contribution in [0.4, 0.5) is 0 Å². The third-order valence-electron chi connectivity index (χ3n) is 13.2. The summed E-state index contributed by atoms with van der Waals surface area (Å²) in [6, 6.07) is 0.562. The van der Waals surface area contributed by atoms with Gasteiger partial charge in [-0.3, -0.25) is 4.79 Å². The predicted molar refractivity (Wildman–Crippen MR) is 184 cm³/mol. The molecule has 44 heavy (non-hydrogen) atoms. The first kappa shape index (κ1) is 35.8. The second kappa shape index (κ2) is 15.7. The van der Waals surface area contributed by atoms with E-state index in [1.807, 2.05) is 0 Å². The second-order valence-electron chi connectivity index (χ2n) is 16.1. The number of allylic oxidation sites excluding steroid dienone is 4. The molecule has 6 heteroatoms. The van der Waals surface area contributed by atoms with Crippen molar-refractivity contribution in [1.29, 1.82) is 0 Å². The van der Waals surface area contributed by atoms with E-state index in [9.17, 15) is 9.90 Å². The van der Waals surface area contributed by atoms with Gasteiger partial charge >= 0.3 is 0 Å². The van der Waals surface area contributed by atoms with Crippen LogP contribution in [0.15, 0.2) is 22.8 Å². The quantitative estimate of drug-likeness (QED) is 0.0773. The average molecular weight is 613 g/mol. The van der Waals surface area contributed by atoms with E-state index in [0.717, 1.165) is 96.1 Å². The number of hydrogen-bond donors (Lipinski definition) is 4. The zero-order valence-electron chi connectivity index (χ0n) is 29.3. The Kier molecular flexibility index (Phi) is 12.8. The molecule has 0 amide bonds. The lowest BCUT2D eigenvalue weighted by atomic mass is 9.41. The molecule has 0 bridgehead atoms. The normalized spacial score (nSPS) is 39.4. The fraction of sp³-hybridized carbons (Fsp3) is 0.868. The molecule has 4 rings (SSSR count). The molecule has 4 aliphatic rings. The van der Waals surface area contributed by atoms with Gasteiger partial charge in [-0.25, -0.2) is 0 Å². The van der Waals surface area contributed by atoms with E-state index < -0.39 is 0 Å². The molecule has 252 valence electrons. The summed E-state index contributed by atoms with van der Waals surface area (Å²) in [6.45, 7) is 20.0. The van der Waals surface area contributed by atoms with Crippen molar-refractivity contribution in [1.82, 2.24) is 10.2 Å². The number of nitrogens with zero attached hydrogens (tertiary/aromatic N) is 1. The molecule has 0 aromatic carbocycles. The number of nitrogens with one attached hydrogen (secondary N) is 1. The number of fused-ring (bicyclic) bond motifs is 5. The third kappa shape index (κ3) is 7.40. The summed E-state index contributed by atoms with van der Waals surface area (Å²) in [5.74, 6) is 2.93. The monoisotopic (exact) mass is 613 g/mol. The van der Waals surface area contributed by atoms with Gasteiger partial charge in [0.05, 0.1) is 6.10 Å². The molecule has 0 aromatic rings. The van der Waals surface area contributed by atoms with Crippen molar-refractivity contribution >= 4 is 6.29 Å². The topological polar surface area (TPSA) is 105 Å². The van der Waals surface area contributed by atoms with Crippen molar-refractivity contribution in [2.75, 3.05) is 39.3 Å². The number of carbonyl (C=O) groups is 1. The van der Waals surface area contributed by atoms with Crippen LogP contribution in [0.1, 0.15) is 112 Å². The van der Waals surface area contributed by atoms with Gasteiger partial charge in [0, 0.05) is 6.04 Å². The van der Waals surface area contributed by atoms with Crippen LogP contribution in [0.5, 0.6) is 0 Å². The highest BCUT2D eigenvalue weighted by atomic mass is 16.3. The zero-order valence-corrected chi connectivity index (χ0v) is 29.3. The summed E-state index contributed by atoms with van der Waals surface area (Å²) in [5, 5.41) is 16.0. The molecule has 0 radical (unpaired) electrons. The van der Waals surface area contributed by atoms with Crippen molar-refractivity contribution in [2.24, 2.45) is 57.8 Å². The Balaban J connectivity index is 1.42. The summed E-state index contributed by atoms with van der Waals surface area (Å²) in [5.41, 5.74) is 15.6. The molecule has 9 unspecified atom stereocenters. The molecule has 4 fully saturated rings. The molecular formula is C38H68N4O2. The van der Waals surface area contributed by atoms with Crippen molar-refractivity contribution in [3.8, 4) is 0 Å². The van der Waals surface area contributed by atoms with Crippen LogP contribution in [0, 0.1) is 46.3 Å². The molecular weight excluding hydrogens is 544 g/mol. The third-order valence-corrected chi connectivity index (χ3v) is 13.2. The lowest BCUT2D eigenvalue weighted by Crippen LogP contribution is -2.62. The van der Waals surface area contributed by atoms with Gasteiger partial charge in [-0.2, -0.15) is 0 Å². The Labute approximate surface area is 270 Å². The smallest absolute Gasteiger partial charge is 0.146 e. The molecule has 10 atom stereocenters.